The summed E-state index contributed by atoms with van der Waals surface area (Å²) >= 11 is 6.13. The molecule has 0 bridgehead atoms. The van der Waals surface area contributed by atoms with Crippen LogP contribution in [-0.2, 0) is 11.3 Å². The second-order valence-electron chi connectivity index (χ2n) is 5.32. The molecule has 0 aliphatic heterocycles. The number of imidazole rings is 1. The van der Waals surface area contributed by atoms with Crippen LogP contribution in [0.2, 0.25) is 0 Å². The molecule has 21 heavy (non-hydrogen) atoms. The van der Waals surface area contributed by atoms with Crippen molar-refractivity contribution in [3.05, 3.63) is 29.8 Å². The van der Waals surface area contributed by atoms with Crippen LogP contribution in [-0.4, -0.2) is 21.5 Å². The predicted molar refractivity (Wildman–Crippen MR) is 81.9 cm³/mol. The van der Waals surface area contributed by atoms with Gasteiger partial charge in [-0.15, -0.1) is 11.6 Å². The van der Waals surface area contributed by atoms with Crippen LogP contribution < -0.4 is 5.32 Å². The van der Waals surface area contributed by atoms with Gasteiger partial charge in [-0.05, 0) is 32.9 Å². The van der Waals surface area contributed by atoms with Gasteiger partial charge in [0.25, 0.3) is 0 Å². The molecule has 1 atom stereocenters. The molecule has 0 fully saturated rings. The molecular formula is C15H19ClFN3O. The third-order valence-electron chi connectivity index (χ3n) is 3.13. The van der Waals surface area contributed by atoms with Gasteiger partial charge >= 0.3 is 0 Å². The van der Waals surface area contributed by atoms with Crippen LogP contribution in [0.25, 0.3) is 11.0 Å². The Bertz CT molecular complexity index is 652. The van der Waals surface area contributed by atoms with Crippen molar-refractivity contribution in [3.63, 3.8) is 0 Å². The molecule has 6 heteroatoms. The number of nitrogens with zero attached hydrogens (tertiary/aromatic N) is 2. The lowest BCUT2D eigenvalue weighted by molar-refractivity contribution is -0.121. The Morgan fingerprint density at radius 1 is 1.43 bits per heavy atom. The summed E-state index contributed by atoms with van der Waals surface area (Å²) in [6.07, 6.45) is 0.302. The Morgan fingerprint density at radius 2 is 2.14 bits per heavy atom. The number of aryl methyl sites for hydroxylation is 1. The quantitative estimate of drug-likeness (QED) is 0.860. The lowest BCUT2D eigenvalue weighted by atomic mass is 10.3. The maximum Gasteiger partial charge on any atom is 0.221 e. The Hall–Kier alpha value is -1.62. The molecule has 1 amide bonds. The SMILES string of the molecule is CC(C)NC(=O)CCn1c(C(C)Cl)nc2c(F)cccc21. The zero-order valence-corrected chi connectivity index (χ0v) is 13.1. The molecule has 1 aromatic heterocycles. The van der Waals surface area contributed by atoms with Crippen molar-refractivity contribution in [1.82, 2.24) is 14.9 Å². The number of benzene rings is 1. The average Bonchev–Trinajstić information content (AvgIpc) is 2.76. The maximum absolute atomic E-state index is 13.8. The van der Waals surface area contributed by atoms with Crippen molar-refractivity contribution in [2.75, 3.05) is 0 Å². The van der Waals surface area contributed by atoms with Gasteiger partial charge in [-0.2, -0.15) is 0 Å². The van der Waals surface area contributed by atoms with E-state index >= 15 is 0 Å². The number of carbonyl (C=O) groups is 1. The number of nitrogens with one attached hydrogen (secondary N) is 1. The minimum atomic E-state index is -0.378. The van der Waals surface area contributed by atoms with E-state index in [0.29, 0.717) is 29.8 Å². The summed E-state index contributed by atoms with van der Waals surface area (Å²) in [5.74, 6) is 0.155. The number of halogens is 2. The molecule has 0 aliphatic rings. The van der Waals surface area contributed by atoms with E-state index in [0.717, 1.165) is 0 Å². The number of amides is 1. The number of hydrogen-bond donors (Lipinski definition) is 1. The van der Waals surface area contributed by atoms with Gasteiger partial charge in [-0.1, -0.05) is 6.07 Å². The van der Waals surface area contributed by atoms with Crippen molar-refractivity contribution in [2.24, 2.45) is 0 Å². The van der Waals surface area contributed by atoms with Crippen LogP contribution in [0.15, 0.2) is 18.2 Å². The van der Waals surface area contributed by atoms with Gasteiger partial charge in [0.2, 0.25) is 5.91 Å². The van der Waals surface area contributed by atoms with Crippen LogP contribution >= 0.6 is 11.6 Å². The van der Waals surface area contributed by atoms with E-state index in [9.17, 15) is 9.18 Å². The Balaban J connectivity index is 2.31. The molecule has 0 saturated heterocycles. The van der Waals surface area contributed by atoms with Crippen molar-refractivity contribution in [2.45, 2.75) is 45.2 Å². The van der Waals surface area contributed by atoms with E-state index in [4.69, 9.17) is 11.6 Å². The number of aromatic nitrogens is 2. The van der Waals surface area contributed by atoms with Crippen LogP contribution in [0.5, 0.6) is 0 Å². The monoisotopic (exact) mass is 311 g/mol. The van der Waals surface area contributed by atoms with E-state index in [1.807, 2.05) is 18.4 Å². The second-order valence-corrected chi connectivity index (χ2v) is 5.97. The molecule has 4 nitrogen and oxygen atoms in total. The second kappa shape index (κ2) is 6.43. The van der Waals surface area contributed by atoms with Gasteiger partial charge < -0.3 is 9.88 Å². The minimum Gasteiger partial charge on any atom is -0.354 e. The largest absolute Gasteiger partial charge is 0.354 e. The third-order valence-corrected chi connectivity index (χ3v) is 3.32. The van der Waals surface area contributed by atoms with Gasteiger partial charge in [-0.25, -0.2) is 9.37 Å². The van der Waals surface area contributed by atoms with E-state index in [1.165, 1.54) is 6.07 Å². The summed E-state index contributed by atoms with van der Waals surface area (Å²) in [5.41, 5.74) is 0.958. The van der Waals surface area contributed by atoms with Gasteiger partial charge in [-0.3, -0.25) is 4.79 Å². The molecule has 1 aromatic carbocycles. The maximum atomic E-state index is 13.8. The van der Waals surface area contributed by atoms with Crippen molar-refractivity contribution < 1.29 is 9.18 Å². The average molecular weight is 312 g/mol. The van der Waals surface area contributed by atoms with E-state index in [2.05, 4.69) is 10.3 Å². The molecule has 1 heterocycles. The van der Waals surface area contributed by atoms with E-state index in [1.54, 1.807) is 19.1 Å². The van der Waals surface area contributed by atoms with E-state index in [-0.39, 0.29) is 23.1 Å². The number of alkyl halides is 1. The zero-order valence-electron chi connectivity index (χ0n) is 12.4. The first kappa shape index (κ1) is 15.8. The van der Waals surface area contributed by atoms with Gasteiger partial charge in [0, 0.05) is 19.0 Å². The highest BCUT2D eigenvalue weighted by Gasteiger charge is 2.17. The number of fused-ring (bicyclic) bond motifs is 1. The fourth-order valence-corrected chi connectivity index (χ4v) is 2.44. The van der Waals surface area contributed by atoms with Crippen LogP contribution in [0, 0.1) is 5.82 Å². The first-order chi connectivity index (χ1) is 9.90. The lowest BCUT2D eigenvalue weighted by Gasteiger charge is -2.12. The first-order valence-electron chi connectivity index (χ1n) is 6.98. The Labute approximate surface area is 128 Å². The fourth-order valence-electron chi connectivity index (χ4n) is 2.28. The molecule has 114 valence electrons. The summed E-state index contributed by atoms with van der Waals surface area (Å²) in [7, 11) is 0. The summed E-state index contributed by atoms with van der Waals surface area (Å²) in [6, 6.07) is 4.88. The third kappa shape index (κ3) is 3.53. The molecule has 2 aromatic rings. The summed E-state index contributed by atoms with van der Waals surface area (Å²) in [5, 5.41) is 2.48. The predicted octanol–water partition coefficient (Wildman–Crippen LogP) is 3.39. The highest BCUT2D eigenvalue weighted by Crippen LogP contribution is 2.26. The first-order valence-corrected chi connectivity index (χ1v) is 7.42. The number of carbonyl (C=O) groups excluding carboxylic acids is 1. The molecular weight excluding hydrogens is 293 g/mol. The summed E-state index contributed by atoms with van der Waals surface area (Å²) < 4.78 is 15.6. The highest BCUT2D eigenvalue weighted by atomic mass is 35.5. The number of rotatable bonds is 5. The fraction of sp³-hybridized carbons (Fsp3) is 0.467. The summed E-state index contributed by atoms with van der Waals surface area (Å²) in [6.45, 7) is 6.02. The normalized spacial score (nSPS) is 12.9. The van der Waals surface area contributed by atoms with Crippen molar-refractivity contribution >= 4 is 28.5 Å². The van der Waals surface area contributed by atoms with Crippen LogP contribution in [0.4, 0.5) is 4.39 Å². The molecule has 1 N–H and O–H groups in total. The van der Waals surface area contributed by atoms with Gasteiger partial charge in [0.1, 0.15) is 11.3 Å². The topological polar surface area (TPSA) is 46.9 Å². The van der Waals surface area contributed by atoms with Gasteiger partial charge in [0.05, 0.1) is 10.9 Å². The molecule has 1 unspecified atom stereocenters. The Morgan fingerprint density at radius 3 is 2.76 bits per heavy atom. The molecule has 0 radical (unpaired) electrons. The smallest absolute Gasteiger partial charge is 0.221 e. The Kier molecular flexibility index (Phi) is 4.83. The zero-order chi connectivity index (χ0) is 15.6. The minimum absolute atomic E-state index is 0.0450. The molecule has 0 saturated carbocycles. The molecule has 2 rings (SSSR count). The van der Waals surface area contributed by atoms with Crippen LogP contribution in [0.1, 0.15) is 38.4 Å². The molecule has 0 spiro atoms. The summed E-state index contributed by atoms with van der Waals surface area (Å²) in [4.78, 5) is 16.1. The number of para-hydroxylation sites is 1. The van der Waals surface area contributed by atoms with Crippen molar-refractivity contribution in [1.29, 1.82) is 0 Å². The lowest BCUT2D eigenvalue weighted by Crippen LogP contribution is -2.30. The van der Waals surface area contributed by atoms with Gasteiger partial charge in [0.15, 0.2) is 5.82 Å². The highest BCUT2D eigenvalue weighted by molar-refractivity contribution is 6.20. The number of hydrogen-bond acceptors (Lipinski definition) is 2. The van der Waals surface area contributed by atoms with Crippen LogP contribution in [0.3, 0.4) is 0 Å². The van der Waals surface area contributed by atoms with E-state index < -0.39 is 0 Å². The standard InChI is InChI=1S/C15H19ClFN3O/c1-9(2)18-13(21)7-8-20-12-6-4-5-11(17)14(12)19-15(20)10(3)16/h4-6,9-10H,7-8H2,1-3H3,(H,18,21). The van der Waals surface area contributed by atoms with Crippen molar-refractivity contribution in [3.8, 4) is 0 Å². The molecule has 0 aliphatic carbocycles.